The van der Waals surface area contributed by atoms with Gasteiger partial charge in [-0.25, -0.2) is 4.99 Å². The summed E-state index contributed by atoms with van der Waals surface area (Å²) in [5.41, 5.74) is 2.05. The van der Waals surface area contributed by atoms with Crippen LogP contribution in [0.1, 0.15) is 6.42 Å². The lowest BCUT2D eigenvalue weighted by Gasteiger charge is -2.06. The minimum Gasteiger partial charge on any atom is -0.497 e. The number of thiazole rings is 1. The highest BCUT2D eigenvalue weighted by Gasteiger charge is 2.08. The highest BCUT2D eigenvalue weighted by molar-refractivity contribution is 7.14. The van der Waals surface area contributed by atoms with E-state index < -0.39 is 0 Å². The number of nitrogens with zero attached hydrogens (tertiary/aromatic N) is 2. The van der Waals surface area contributed by atoms with Crippen molar-refractivity contribution in [3.8, 4) is 16.3 Å². The van der Waals surface area contributed by atoms with Gasteiger partial charge in [-0.1, -0.05) is 6.07 Å². The van der Waals surface area contributed by atoms with E-state index in [9.17, 15) is 5.11 Å². The molecule has 1 N–H and O–H groups in total. The van der Waals surface area contributed by atoms with Crippen LogP contribution in [0.3, 0.4) is 0 Å². The van der Waals surface area contributed by atoms with Crippen molar-refractivity contribution in [3.63, 3.8) is 0 Å². The molecule has 3 rings (SSSR count). The summed E-state index contributed by atoms with van der Waals surface area (Å²) in [6.45, 7) is 0.928. The normalized spacial score (nSPS) is 11.8. The molecule has 0 spiro atoms. The van der Waals surface area contributed by atoms with Crippen molar-refractivity contribution in [1.82, 2.24) is 4.57 Å². The molecule has 120 valence electrons. The van der Waals surface area contributed by atoms with Gasteiger partial charge in [-0.15, -0.1) is 22.7 Å². The number of hydrogen-bond donors (Lipinski definition) is 1. The number of aromatic nitrogens is 1. The summed E-state index contributed by atoms with van der Waals surface area (Å²) in [7, 11) is 1.65. The summed E-state index contributed by atoms with van der Waals surface area (Å²) < 4.78 is 7.36. The van der Waals surface area contributed by atoms with Crippen LogP contribution in [0.25, 0.3) is 10.6 Å². The van der Waals surface area contributed by atoms with E-state index in [0.717, 1.165) is 28.5 Å². The van der Waals surface area contributed by atoms with Gasteiger partial charge in [0.05, 0.1) is 23.4 Å². The summed E-state index contributed by atoms with van der Waals surface area (Å²) in [4.78, 5) is 6.90. The second-order valence-corrected chi connectivity index (χ2v) is 6.70. The average molecular weight is 346 g/mol. The molecule has 1 aromatic carbocycles. The highest BCUT2D eigenvalue weighted by atomic mass is 32.1. The van der Waals surface area contributed by atoms with Crippen molar-refractivity contribution in [3.05, 3.63) is 52.0 Å². The molecule has 4 nitrogen and oxygen atoms in total. The molecule has 23 heavy (non-hydrogen) atoms. The van der Waals surface area contributed by atoms with Crippen molar-refractivity contribution in [2.24, 2.45) is 4.99 Å². The van der Waals surface area contributed by atoms with E-state index in [1.165, 1.54) is 4.88 Å². The number of hydrogen-bond acceptors (Lipinski definition) is 5. The fourth-order valence-electron chi connectivity index (χ4n) is 2.25. The van der Waals surface area contributed by atoms with Crippen LogP contribution in [0.2, 0.25) is 0 Å². The molecule has 0 aliphatic rings. The van der Waals surface area contributed by atoms with Crippen molar-refractivity contribution in [1.29, 1.82) is 0 Å². The van der Waals surface area contributed by atoms with Crippen LogP contribution in [-0.4, -0.2) is 23.4 Å². The largest absolute Gasteiger partial charge is 0.497 e. The Morgan fingerprint density at radius 1 is 1.17 bits per heavy atom. The Labute approximate surface area is 143 Å². The van der Waals surface area contributed by atoms with E-state index in [0.29, 0.717) is 6.42 Å². The molecule has 0 unspecified atom stereocenters. The molecular weight excluding hydrogens is 328 g/mol. The van der Waals surface area contributed by atoms with Gasteiger partial charge in [0.15, 0.2) is 4.80 Å². The van der Waals surface area contributed by atoms with Gasteiger partial charge in [0.1, 0.15) is 5.75 Å². The molecule has 0 saturated carbocycles. The number of benzene rings is 1. The Kier molecular flexibility index (Phi) is 5.27. The van der Waals surface area contributed by atoms with Gasteiger partial charge < -0.3 is 14.4 Å². The molecule has 6 heteroatoms. The molecule has 0 radical (unpaired) electrons. The van der Waals surface area contributed by atoms with Crippen LogP contribution in [0.4, 0.5) is 5.69 Å². The number of methoxy groups -OCH3 is 1. The third-order valence-electron chi connectivity index (χ3n) is 3.41. The van der Waals surface area contributed by atoms with E-state index in [1.54, 1.807) is 29.8 Å². The summed E-state index contributed by atoms with van der Waals surface area (Å²) >= 11 is 3.33. The maximum atomic E-state index is 9.17. The second kappa shape index (κ2) is 7.59. The summed E-state index contributed by atoms with van der Waals surface area (Å²) in [5.74, 6) is 0.822. The lowest BCUT2D eigenvalue weighted by molar-refractivity contribution is 0.279. The molecule has 0 aliphatic carbocycles. The zero-order valence-electron chi connectivity index (χ0n) is 12.8. The molecule has 0 amide bonds. The van der Waals surface area contributed by atoms with Gasteiger partial charge in [-0.05, 0) is 42.1 Å². The van der Waals surface area contributed by atoms with Gasteiger partial charge >= 0.3 is 0 Å². The Morgan fingerprint density at radius 2 is 2.00 bits per heavy atom. The molecule has 0 saturated heterocycles. The maximum Gasteiger partial charge on any atom is 0.190 e. The second-order valence-electron chi connectivity index (χ2n) is 4.92. The topological polar surface area (TPSA) is 46.8 Å². The van der Waals surface area contributed by atoms with Crippen molar-refractivity contribution in [2.45, 2.75) is 13.0 Å². The minimum absolute atomic E-state index is 0.175. The predicted octanol–water partition coefficient (Wildman–Crippen LogP) is 3.90. The van der Waals surface area contributed by atoms with Gasteiger partial charge in [0.25, 0.3) is 0 Å². The summed E-state index contributed by atoms with van der Waals surface area (Å²) in [5, 5.41) is 13.4. The molecule has 3 aromatic rings. The first-order valence-corrected chi connectivity index (χ1v) is 9.09. The van der Waals surface area contributed by atoms with Gasteiger partial charge in [0.2, 0.25) is 0 Å². The number of aliphatic hydroxyl groups is 1. The standard InChI is InChI=1S/C17H18N2O2S2/c1-21-14-7-5-13(6-8-14)18-17-19(9-3-10-20)15(12-23-17)16-4-2-11-22-16/h2,4-8,11-12,20H,3,9-10H2,1H3. The lowest BCUT2D eigenvalue weighted by atomic mass is 10.3. The molecule has 2 heterocycles. The molecule has 2 aromatic heterocycles. The van der Waals surface area contributed by atoms with Crippen LogP contribution < -0.4 is 9.54 Å². The van der Waals surface area contributed by atoms with Crippen LogP contribution in [0, 0.1) is 0 Å². The van der Waals surface area contributed by atoms with E-state index in [-0.39, 0.29) is 6.61 Å². The van der Waals surface area contributed by atoms with Crippen LogP contribution in [0.15, 0.2) is 52.2 Å². The molecule has 0 bridgehead atoms. The van der Waals surface area contributed by atoms with Crippen molar-refractivity contribution >= 4 is 28.4 Å². The van der Waals surface area contributed by atoms with Crippen molar-refractivity contribution in [2.75, 3.05) is 13.7 Å². The first kappa shape index (κ1) is 16.0. The van der Waals surface area contributed by atoms with Gasteiger partial charge in [-0.2, -0.15) is 0 Å². The number of thiophene rings is 1. The number of ether oxygens (including phenoxy) is 1. The van der Waals surface area contributed by atoms with Gasteiger partial charge in [-0.3, -0.25) is 0 Å². The molecule has 0 aliphatic heterocycles. The molecular formula is C17H18N2O2S2. The van der Waals surface area contributed by atoms with E-state index in [2.05, 4.69) is 21.4 Å². The first-order chi connectivity index (χ1) is 11.3. The van der Waals surface area contributed by atoms with E-state index >= 15 is 0 Å². The third-order valence-corrected chi connectivity index (χ3v) is 5.16. The average Bonchev–Trinajstić information content (AvgIpc) is 3.23. The predicted molar refractivity (Wildman–Crippen MR) is 95.5 cm³/mol. The van der Waals surface area contributed by atoms with Crippen LogP contribution in [-0.2, 0) is 6.54 Å². The first-order valence-electron chi connectivity index (χ1n) is 7.33. The van der Waals surface area contributed by atoms with E-state index in [1.807, 2.05) is 30.3 Å². The number of rotatable bonds is 6. The van der Waals surface area contributed by atoms with Crippen LogP contribution in [0.5, 0.6) is 5.75 Å². The fraction of sp³-hybridized carbons (Fsp3) is 0.235. The summed E-state index contributed by atoms with van der Waals surface area (Å²) in [6.07, 6.45) is 0.713. The zero-order chi connectivity index (χ0) is 16.1. The SMILES string of the molecule is COc1ccc(N=c2scc(-c3cccs3)n2CCCO)cc1. The maximum absolute atomic E-state index is 9.17. The fourth-order valence-corrected chi connectivity index (χ4v) is 4.02. The Balaban J connectivity index is 2.01. The molecule has 0 atom stereocenters. The minimum atomic E-state index is 0.175. The van der Waals surface area contributed by atoms with Gasteiger partial charge in [0, 0.05) is 18.5 Å². The smallest absolute Gasteiger partial charge is 0.190 e. The molecule has 0 fully saturated rings. The third kappa shape index (κ3) is 3.72. The Bertz CT molecular complexity index is 802. The highest BCUT2D eigenvalue weighted by Crippen LogP contribution is 2.26. The van der Waals surface area contributed by atoms with Crippen molar-refractivity contribution < 1.29 is 9.84 Å². The Morgan fingerprint density at radius 3 is 2.65 bits per heavy atom. The monoisotopic (exact) mass is 346 g/mol. The summed E-state index contributed by atoms with van der Waals surface area (Å²) in [6, 6.07) is 11.9. The van der Waals surface area contributed by atoms with Crippen LogP contribution >= 0.6 is 22.7 Å². The number of aliphatic hydroxyl groups excluding tert-OH is 1. The quantitative estimate of drug-likeness (QED) is 0.736. The zero-order valence-corrected chi connectivity index (χ0v) is 14.4. The lowest BCUT2D eigenvalue weighted by Crippen LogP contribution is -2.16. The Hall–Kier alpha value is -1.89. The van der Waals surface area contributed by atoms with E-state index in [4.69, 9.17) is 9.73 Å².